The lowest BCUT2D eigenvalue weighted by molar-refractivity contribution is -0.384. The Morgan fingerprint density at radius 3 is 2.63 bits per heavy atom. The molecule has 0 bridgehead atoms. The fraction of sp³-hybridized carbons (Fsp3) is 0.600. The Morgan fingerprint density at radius 1 is 1.37 bits per heavy atom. The van der Waals surface area contributed by atoms with E-state index in [1.165, 1.54) is 12.5 Å². The Balaban J connectivity index is 2.35. The van der Waals surface area contributed by atoms with Crippen LogP contribution in [0.2, 0.25) is 0 Å². The van der Waals surface area contributed by atoms with Crippen molar-refractivity contribution in [3.63, 3.8) is 0 Å². The van der Waals surface area contributed by atoms with Crippen molar-refractivity contribution in [3.05, 3.63) is 33.9 Å². The van der Waals surface area contributed by atoms with Crippen molar-refractivity contribution in [2.24, 2.45) is 11.3 Å². The van der Waals surface area contributed by atoms with Crippen LogP contribution in [-0.2, 0) is 0 Å². The van der Waals surface area contributed by atoms with Crippen LogP contribution >= 0.6 is 0 Å². The van der Waals surface area contributed by atoms with E-state index in [0.717, 1.165) is 18.4 Å². The van der Waals surface area contributed by atoms with Crippen molar-refractivity contribution in [2.75, 3.05) is 5.73 Å². The van der Waals surface area contributed by atoms with E-state index in [1.807, 2.05) is 0 Å². The average molecular weight is 262 g/mol. The van der Waals surface area contributed by atoms with Crippen LogP contribution in [0.4, 0.5) is 11.4 Å². The monoisotopic (exact) mass is 262 g/mol. The van der Waals surface area contributed by atoms with E-state index in [1.54, 1.807) is 12.1 Å². The maximum absolute atomic E-state index is 10.9. The van der Waals surface area contributed by atoms with Gasteiger partial charge in [-0.2, -0.15) is 0 Å². The number of nitro groups is 1. The van der Waals surface area contributed by atoms with Gasteiger partial charge in [0.2, 0.25) is 0 Å². The van der Waals surface area contributed by atoms with Gasteiger partial charge in [-0.3, -0.25) is 10.1 Å². The van der Waals surface area contributed by atoms with Gasteiger partial charge in [-0.1, -0.05) is 20.8 Å². The summed E-state index contributed by atoms with van der Waals surface area (Å²) in [4.78, 5) is 10.6. The van der Waals surface area contributed by atoms with E-state index in [0.29, 0.717) is 17.5 Å². The number of nitrogens with two attached hydrogens (primary N) is 1. The zero-order chi connectivity index (χ0) is 14.2. The molecule has 1 aromatic rings. The van der Waals surface area contributed by atoms with Gasteiger partial charge >= 0.3 is 0 Å². The van der Waals surface area contributed by atoms with Gasteiger partial charge in [0.25, 0.3) is 5.69 Å². The number of anilines is 1. The summed E-state index contributed by atoms with van der Waals surface area (Å²) in [6.45, 7) is 6.79. The van der Waals surface area contributed by atoms with Crippen molar-refractivity contribution in [1.82, 2.24) is 0 Å². The summed E-state index contributed by atoms with van der Waals surface area (Å²) in [6, 6.07) is 4.81. The van der Waals surface area contributed by atoms with E-state index in [9.17, 15) is 10.1 Å². The van der Waals surface area contributed by atoms with Crippen LogP contribution in [0.5, 0.6) is 0 Å². The third-order valence-corrected chi connectivity index (χ3v) is 4.11. The molecule has 0 radical (unpaired) electrons. The molecule has 1 saturated carbocycles. The summed E-state index contributed by atoms with van der Waals surface area (Å²) in [7, 11) is 0. The summed E-state index contributed by atoms with van der Waals surface area (Å²) < 4.78 is 0. The molecule has 0 amide bonds. The second-order valence-corrected chi connectivity index (χ2v) is 6.68. The zero-order valence-corrected chi connectivity index (χ0v) is 11.8. The molecule has 0 heterocycles. The molecule has 0 aliphatic heterocycles. The quantitative estimate of drug-likeness (QED) is 0.495. The second kappa shape index (κ2) is 4.83. The van der Waals surface area contributed by atoms with E-state index < -0.39 is 0 Å². The van der Waals surface area contributed by atoms with Crippen molar-refractivity contribution < 1.29 is 4.92 Å². The predicted octanol–water partition coefficient (Wildman–Crippen LogP) is 4.11. The minimum atomic E-state index is -0.347. The molecule has 4 heteroatoms. The second-order valence-electron chi connectivity index (χ2n) is 6.68. The first-order valence-electron chi connectivity index (χ1n) is 6.82. The first-order chi connectivity index (χ1) is 8.78. The maximum Gasteiger partial charge on any atom is 0.269 e. The Labute approximate surface area is 114 Å². The molecule has 1 aromatic carbocycles. The lowest BCUT2D eigenvalue weighted by Gasteiger charge is -2.39. The summed E-state index contributed by atoms with van der Waals surface area (Å²) >= 11 is 0. The van der Waals surface area contributed by atoms with E-state index >= 15 is 0 Å². The first kappa shape index (κ1) is 13.8. The van der Waals surface area contributed by atoms with Crippen LogP contribution in [0.3, 0.4) is 0 Å². The molecular weight excluding hydrogens is 240 g/mol. The van der Waals surface area contributed by atoms with E-state index in [-0.39, 0.29) is 16.0 Å². The van der Waals surface area contributed by atoms with Crippen LogP contribution < -0.4 is 5.73 Å². The van der Waals surface area contributed by atoms with Crippen molar-refractivity contribution in [1.29, 1.82) is 0 Å². The molecule has 1 aliphatic carbocycles. The highest BCUT2D eigenvalue weighted by atomic mass is 16.6. The lowest BCUT2D eigenvalue weighted by atomic mass is 9.66. The van der Waals surface area contributed by atoms with Gasteiger partial charge in [0.15, 0.2) is 0 Å². The molecule has 2 rings (SSSR count). The Kier molecular flexibility index (Phi) is 3.52. The van der Waals surface area contributed by atoms with Crippen LogP contribution in [-0.4, -0.2) is 4.92 Å². The minimum Gasteiger partial charge on any atom is -0.398 e. The van der Waals surface area contributed by atoms with Crippen LogP contribution in [0.15, 0.2) is 18.2 Å². The number of rotatable bonds is 2. The molecule has 2 N–H and O–H groups in total. The van der Waals surface area contributed by atoms with Gasteiger partial charge in [0.1, 0.15) is 0 Å². The zero-order valence-electron chi connectivity index (χ0n) is 11.8. The lowest BCUT2D eigenvalue weighted by Crippen LogP contribution is -2.26. The largest absolute Gasteiger partial charge is 0.398 e. The average Bonchev–Trinajstić information content (AvgIpc) is 2.26. The number of nitro benzene ring substituents is 1. The number of benzene rings is 1. The summed E-state index contributed by atoms with van der Waals surface area (Å²) in [6.07, 6.45) is 3.32. The number of nitrogens with zero attached hydrogens (tertiary/aromatic N) is 1. The summed E-state index contributed by atoms with van der Waals surface area (Å²) in [5.41, 5.74) is 8.08. The topological polar surface area (TPSA) is 69.2 Å². The maximum atomic E-state index is 10.9. The molecule has 0 aromatic heterocycles. The third kappa shape index (κ3) is 3.06. The van der Waals surface area contributed by atoms with Gasteiger partial charge in [-0.05, 0) is 48.1 Å². The number of hydrogen-bond acceptors (Lipinski definition) is 3. The van der Waals surface area contributed by atoms with Gasteiger partial charge in [-0.15, -0.1) is 0 Å². The fourth-order valence-corrected chi connectivity index (χ4v) is 3.61. The van der Waals surface area contributed by atoms with Crippen LogP contribution in [0.25, 0.3) is 0 Å². The molecule has 19 heavy (non-hydrogen) atoms. The molecule has 0 spiro atoms. The third-order valence-electron chi connectivity index (χ3n) is 4.11. The normalized spacial score (nSPS) is 26.1. The van der Waals surface area contributed by atoms with Gasteiger partial charge in [0.05, 0.1) is 4.92 Å². The SMILES string of the molecule is CC1CC(c2cc([N+](=O)[O-])ccc2N)CC(C)(C)C1. The standard InChI is InChI=1S/C15H22N2O2/c1-10-6-11(9-15(2,3)8-10)13-7-12(17(18)19)4-5-14(13)16/h4-5,7,10-11H,6,8-9,16H2,1-3H3. The summed E-state index contributed by atoms with van der Waals surface area (Å²) in [5.74, 6) is 0.964. The Hall–Kier alpha value is -1.58. The highest BCUT2D eigenvalue weighted by Gasteiger charge is 2.33. The van der Waals surface area contributed by atoms with Crippen LogP contribution in [0.1, 0.15) is 51.5 Å². The van der Waals surface area contributed by atoms with Crippen molar-refractivity contribution in [2.45, 2.75) is 46.0 Å². The number of nitrogen functional groups attached to an aromatic ring is 1. The number of hydrogen-bond donors (Lipinski definition) is 1. The minimum absolute atomic E-state index is 0.139. The molecule has 1 fully saturated rings. The van der Waals surface area contributed by atoms with Gasteiger partial charge in [-0.25, -0.2) is 0 Å². The fourth-order valence-electron chi connectivity index (χ4n) is 3.61. The Bertz CT molecular complexity index is 497. The summed E-state index contributed by atoms with van der Waals surface area (Å²) in [5, 5.41) is 10.9. The van der Waals surface area contributed by atoms with Gasteiger partial charge < -0.3 is 5.73 Å². The molecule has 4 nitrogen and oxygen atoms in total. The van der Waals surface area contributed by atoms with Gasteiger partial charge in [0, 0.05) is 17.8 Å². The predicted molar refractivity (Wildman–Crippen MR) is 77.0 cm³/mol. The van der Waals surface area contributed by atoms with E-state index in [2.05, 4.69) is 20.8 Å². The van der Waals surface area contributed by atoms with E-state index in [4.69, 9.17) is 5.73 Å². The molecule has 2 unspecified atom stereocenters. The van der Waals surface area contributed by atoms with Crippen LogP contribution in [0, 0.1) is 21.4 Å². The Morgan fingerprint density at radius 2 is 2.05 bits per heavy atom. The molecule has 2 atom stereocenters. The highest BCUT2D eigenvalue weighted by molar-refractivity contribution is 5.54. The van der Waals surface area contributed by atoms with Crippen molar-refractivity contribution in [3.8, 4) is 0 Å². The highest BCUT2D eigenvalue weighted by Crippen LogP contribution is 2.47. The number of non-ortho nitro benzene ring substituents is 1. The molecular formula is C15H22N2O2. The molecule has 0 saturated heterocycles. The van der Waals surface area contributed by atoms with Crippen molar-refractivity contribution >= 4 is 11.4 Å². The molecule has 1 aliphatic rings. The first-order valence-corrected chi connectivity index (χ1v) is 6.82. The smallest absolute Gasteiger partial charge is 0.269 e. The molecule has 104 valence electrons.